The van der Waals surface area contributed by atoms with Crippen LogP contribution in [0.15, 0.2) is 48.5 Å². The largest absolute Gasteiger partial charge is 0.368 e. The van der Waals surface area contributed by atoms with Crippen molar-refractivity contribution in [3.63, 3.8) is 0 Å². The molecule has 1 saturated heterocycles. The highest BCUT2D eigenvalue weighted by atomic mass is 35.5. The molecule has 0 radical (unpaired) electrons. The summed E-state index contributed by atoms with van der Waals surface area (Å²) in [7, 11) is 0. The van der Waals surface area contributed by atoms with Crippen molar-refractivity contribution in [1.82, 2.24) is 9.78 Å². The first-order valence-corrected chi connectivity index (χ1v) is 11.0. The molecular formula is C20H17Cl4N5O2. The fraction of sp³-hybridized carbons (Fsp3) is 0.250. The number of nitrogens with zero attached hydrogens (tertiary/aromatic N) is 5. The third kappa shape index (κ3) is 4.55. The van der Waals surface area contributed by atoms with Gasteiger partial charge in [-0.05, 0) is 42.5 Å². The molecule has 0 N–H and O–H groups in total. The Kier molecular flexibility index (Phi) is 6.48. The van der Waals surface area contributed by atoms with E-state index in [9.17, 15) is 10.1 Å². The third-order valence-corrected chi connectivity index (χ3v) is 5.98. The van der Waals surface area contributed by atoms with Gasteiger partial charge < -0.3 is 9.80 Å². The molecule has 2 heterocycles. The predicted octanol–water partition coefficient (Wildman–Crippen LogP) is 5.89. The van der Waals surface area contributed by atoms with E-state index in [0.717, 1.165) is 5.69 Å². The van der Waals surface area contributed by atoms with Crippen LogP contribution in [0.5, 0.6) is 0 Å². The highest BCUT2D eigenvalue weighted by molar-refractivity contribution is 6.44. The molecule has 0 amide bonds. The molecule has 4 rings (SSSR count). The van der Waals surface area contributed by atoms with Crippen LogP contribution < -0.4 is 9.80 Å². The van der Waals surface area contributed by atoms with Crippen LogP contribution in [0.4, 0.5) is 17.2 Å². The Labute approximate surface area is 198 Å². The molecule has 7 nitrogen and oxygen atoms in total. The van der Waals surface area contributed by atoms with E-state index in [1.54, 1.807) is 24.3 Å². The molecular weight excluding hydrogens is 484 g/mol. The number of anilines is 2. The Morgan fingerprint density at radius 2 is 1.55 bits per heavy atom. The van der Waals surface area contributed by atoms with Gasteiger partial charge in [0.05, 0.1) is 10.6 Å². The Morgan fingerprint density at radius 1 is 0.903 bits per heavy atom. The molecule has 0 saturated carbocycles. The quantitative estimate of drug-likeness (QED) is 0.248. The average molecular weight is 501 g/mol. The maximum atomic E-state index is 12.0. The molecule has 1 aromatic heterocycles. The lowest BCUT2D eigenvalue weighted by Gasteiger charge is -2.36. The molecule has 0 unspecified atom stereocenters. The van der Waals surface area contributed by atoms with Gasteiger partial charge in [0.1, 0.15) is 0 Å². The second-order valence-electron chi connectivity index (χ2n) is 6.96. The minimum Gasteiger partial charge on any atom is -0.368 e. The fourth-order valence-electron chi connectivity index (χ4n) is 3.63. The van der Waals surface area contributed by atoms with Crippen molar-refractivity contribution in [2.45, 2.75) is 4.84 Å². The van der Waals surface area contributed by atoms with Gasteiger partial charge in [-0.1, -0.05) is 52.5 Å². The van der Waals surface area contributed by atoms with Crippen molar-refractivity contribution in [2.75, 3.05) is 36.0 Å². The third-order valence-electron chi connectivity index (χ3n) is 5.08. The van der Waals surface area contributed by atoms with Crippen LogP contribution in [0.1, 0.15) is 10.5 Å². The van der Waals surface area contributed by atoms with E-state index >= 15 is 0 Å². The molecule has 1 fully saturated rings. The van der Waals surface area contributed by atoms with Crippen LogP contribution in [0.25, 0.3) is 5.69 Å². The second-order valence-corrected chi connectivity index (χ2v) is 8.93. The number of aromatic nitrogens is 2. The van der Waals surface area contributed by atoms with Gasteiger partial charge in [0.2, 0.25) is 5.82 Å². The highest BCUT2D eigenvalue weighted by Gasteiger charge is 2.36. The topological polar surface area (TPSA) is 67.4 Å². The van der Waals surface area contributed by atoms with Gasteiger partial charge in [0.15, 0.2) is 10.5 Å². The summed E-state index contributed by atoms with van der Waals surface area (Å²) in [6, 6.07) is 14.5. The lowest BCUT2D eigenvalue weighted by atomic mass is 10.2. The monoisotopic (exact) mass is 499 g/mol. The highest BCUT2D eigenvalue weighted by Crippen LogP contribution is 2.41. The molecule has 0 atom stereocenters. The Morgan fingerprint density at radius 3 is 2.13 bits per heavy atom. The van der Waals surface area contributed by atoms with Gasteiger partial charge in [-0.3, -0.25) is 10.1 Å². The summed E-state index contributed by atoms with van der Waals surface area (Å²) >= 11 is 24.2. The van der Waals surface area contributed by atoms with Crippen LogP contribution in [-0.2, 0) is 0 Å². The molecule has 162 valence electrons. The molecule has 2 aromatic carbocycles. The Hall–Kier alpha value is -2.19. The predicted molar refractivity (Wildman–Crippen MR) is 126 cm³/mol. The van der Waals surface area contributed by atoms with Crippen LogP contribution in [0.3, 0.4) is 0 Å². The van der Waals surface area contributed by atoms with Crippen LogP contribution in [0, 0.1) is 10.1 Å². The molecule has 11 heteroatoms. The summed E-state index contributed by atoms with van der Waals surface area (Å²) in [5.74, 6) is 0.347. The number of hydrogen-bond acceptors (Lipinski definition) is 5. The zero-order valence-corrected chi connectivity index (χ0v) is 19.1. The average Bonchev–Trinajstić information content (AvgIpc) is 3.16. The first-order valence-electron chi connectivity index (χ1n) is 9.42. The van der Waals surface area contributed by atoms with Crippen LogP contribution in [0.2, 0.25) is 10.0 Å². The van der Waals surface area contributed by atoms with Gasteiger partial charge in [0.25, 0.3) is 0 Å². The first kappa shape index (κ1) is 22.0. The number of nitro groups is 1. The van der Waals surface area contributed by atoms with E-state index in [-0.39, 0.29) is 11.4 Å². The van der Waals surface area contributed by atoms with Crippen LogP contribution in [-0.4, -0.2) is 40.9 Å². The maximum absolute atomic E-state index is 12.0. The summed E-state index contributed by atoms with van der Waals surface area (Å²) in [5.41, 5.74) is 1.45. The van der Waals surface area contributed by atoms with Crippen molar-refractivity contribution in [3.05, 3.63) is 74.4 Å². The number of rotatable bonds is 5. The molecule has 0 aliphatic carbocycles. The minimum atomic E-state index is -1.14. The first-order chi connectivity index (χ1) is 14.8. The Balaban J connectivity index is 1.71. The summed E-state index contributed by atoms with van der Waals surface area (Å²) < 4.78 is 1.51. The summed E-state index contributed by atoms with van der Waals surface area (Å²) in [5, 5.41) is 17.6. The lowest BCUT2D eigenvalue weighted by molar-refractivity contribution is -0.384. The zero-order chi connectivity index (χ0) is 22.1. The minimum absolute atomic E-state index is 0.00977. The van der Waals surface area contributed by atoms with Crippen molar-refractivity contribution < 1.29 is 4.92 Å². The maximum Gasteiger partial charge on any atom is 0.337 e. The number of alkyl halides is 2. The zero-order valence-electron chi connectivity index (χ0n) is 16.1. The van der Waals surface area contributed by atoms with Crippen LogP contribution >= 0.6 is 46.4 Å². The Bertz CT molecular complexity index is 1100. The molecule has 1 aliphatic rings. The van der Waals surface area contributed by atoms with Crippen molar-refractivity contribution >= 4 is 63.6 Å². The smallest absolute Gasteiger partial charge is 0.337 e. The molecule has 31 heavy (non-hydrogen) atoms. The van der Waals surface area contributed by atoms with Crippen molar-refractivity contribution in [2.24, 2.45) is 0 Å². The van der Waals surface area contributed by atoms with E-state index in [1.165, 1.54) is 4.68 Å². The molecule has 0 bridgehead atoms. The van der Waals surface area contributed by atoms with E-state index in [2.05, 4.69) is 10.00 Å². The van der Waals surface area contributed by atoms with E-state index in [1.807, 2.05) is 29.2 Å². The number of piperazine rings is 1. The van der Waals surface area contributed by atoms with Gasteiger partial charge in [-0.25, -0.2) is 4.68 Å². The van der Waals surface area contributed by atoms with Gasteiger partial charge in [0, 0.05) is 41.9 Å². The standard InChI is InChI=1S/C20H17Cl4N5O2/c21-13-4-6-15(7-5-13)28-20(18(29(30)31)17(25-28)19(23)24)27-10-8-26(9-11-27)16-3-1-2-14(22)12-16/h1-7,12,19H,8-11H2. The number of benzene rings is 2. The van der Waals surface area contributed by atoms with E-state index in [4.69, 9.17) is 46.4 Å². The fourth-order valence-corrected chi connectivity index (χ4v) is 4.24. The molecule has 1 aliphatic heterocycles. The molecule has 0 spiro atoms. The van der Waals surface area contributed by atoms with Crippen molar-refractivity contribution in [3.8, 4) is 5.69 Å². The normalized spacial score (nSPS) is 14.4. The van der Waals surface area contributed by atoms with Gasteiger partial charge in [-0.15, -0.1) is 0 Å². The van der Waals surface area contributed by atoms with E-state index < -0.39 is 9.76 Å². The summed E-state index contributed by atoms with van der Waals surface area (Å²) in [6.07, 6.45) is 0. The summed E-state index contributed by atoms with van der Waals surface area (Å²) in [6.45, 7) is 2.40. The van der Waals surface area contributed by atoms with E-state index in [0.29, 0.717) is 47.7 Å². The van der Waals surface area contributed by atoms with Crippen molar-refractivity contribution in [1.29, 1.82) is 0 Å². The van der Waals surface area contributed by atoms with Gasteiger partial charge in [-0.2, -0.15) is 5.10 Å². The second kappa shape index (κ2) is 9.12. The lowest BCUT2D eigenvalue weighted by Crippen LogP contribution is -2.47. The number of hydrogen-bond donors (Lipinski definition) is 0. The SMILES string of the molecule is O=[N+]([O-])c1c(C(Cl)Cl)nn(-c2ccc(Cl)cc2)c1N1CCN(c2cccc(Cl)c2)CC1. The molecule has 3 aromatic rings. The number of halogens is 4. The van der Waals surface area contributed by atoms with Gasteiger partial charge >= 0.3 is 5.69 Å². The summed E-state index contributed by atoms with van der Waals surface area (Å²) in [4.78, 5) is 14.5.